The minimum atomic E-state index is -0.294. The normalized spacial score (nSPS) is 10.8. The van der Waals surface area contributed by atoms with Gasteiger partial charge in [0.05, 0.1) is 12.1 Å². The second kappa shape index (κ2) is 7.29. The summed E-state index contributed by atoms with van der Waals surface area (Å²) in [5.74, 6) is -0.272. The van der Waals surface area contributed by atoms with Gasteiger partial charge in [-0.25, -0.2) is 0 Å². The van der Waals surface area contributed by atoms with E-state index in [1.807, 2.05) is 59.4 Å². The Morgan fingerprint density at radius 3 is 2.63 bits per heavy atom. The molecule has 0 saturated carbocycles. The summed E-state index contributed by atoms with van der Waals surface area (Å²) in [5, 5.41) is 7.89. The zero-order valence-corrected chi connectivity index (χ0v) is 14.6. The van der Waals surface area contributed by atoms with E-state index in [4.69, 9.17) is 0 Å². The van der Waals surface area contributed by atoms with Crippen molar-refractivity contribution >= 4 is 16.8 Å². The Bertz CT molecular complexity index is 1150. The smallest absolute Gasteiger partial charge is 0.252 e. The van der Waals surface area contributed by atoms with E-state index in [-0.39, 0.29) is 11.5 Å². The third-order valence-corrected chi connectivity index (χ3v) is 4.44. The van der Waals surface area contributed by atoms with Crippen molar-refractivity contribution in [2.75, 3.05) is 0 Å². The van der Waals surface area contributed by atoms with E-state index in [9.17, 15) is 9.59 Å². The number of para-hydroxylation sites is 1. The van der Waals surface area contributed by atoms with Crippen LogP contribution >= 0.6 is 0 Å². The minimum absolute atomic E-state index is 0.272. The first-order valence-electron chi connectivity index (χ1n) is 8.65. The number of carbonyl (C=O) groups is 1. The van der Waals surface area contributed by atoms with Gasteiger partial charge in [-0.05, 0) is 23.3 Å². The monoisotopic (exact) mass is 358 g/mol. The highest BCUT2D eigenvalue weighted by molar-refractivity contribution is 6.05. The fourth-order valence-electron chi connectivity index (χ4n) is 3.12. The first-order valence-corrected chi connectivity index (χ1v) is 8.65. The number of fused-ring (bicyclic) bond motifs is 1. The molecule has 0 fully saturated rings. The van der Waals surface area contributed by atoms with Crippen LogP contribution in [0.3, 0.4) is 0 Å². The average molecular weight is 358 g/mol. The first-order chi connectivity index (χ1) is 13.2. The maximum atomic E-state index is 12.7. The second-order valence-electron chi connectivity index (χ2n) is 6.25. The molecule has 0 spiro atoms. The summed E-state index contributed by atoms with van der Waals surface area (Å²) in [6.07, 6.45) is 3.64. The van der Waals surface area contributed by atoms with Crippen LogP contribution in [0.5, 0.6) is 0 Å². The minimum Gasteiger partial charge on any atom is -0.348 e. The molecule has 6 heteroatoms. The Morgan fingerprint density at radius 2 is 1.81 bits per heavy atom. The lowest BCUT2D eigenvalue weighted by Crippen LogP contribution is -2.25. The molecule has 0 saturated heterocycles. The van der Waals surface area contributed by atoms with Crippen LogP contribution in [-0.4, -0.2) is 20.7 Å². The number of hydrogen-bond acceptors (Lipinski definition) is 3. The molecule has 0 radical (unpaired) electrons. The molecule has 4 aromatic rings. The van der Waals surface area contributed by atoms with Gasteiger partial charge in [-0.2, -0.15) is 5.10 Å². The third-order valence-electron chi connectivity index (χ3n) is 4.44. The molecule has 0 unspecified atom stereocenters. The van der Waals surface area contributed by atoms with Gasteiger partial charge in [0.2, 0.25) is 5.56 Å². The number of aromatic nitrogens is 3. The van der Waals surface area contributed by atoms with Gasteiger partial charge in [-0.1, -0.05) is 42.5 Å². The summed E-state index contributed by atoms with van der Waals surface area (Å²) in [4.78, 5) is 27.3. The molecule has 0 bridgehead atoms. The summed E-state index contributed by atoms with van der Waals surface area (Å²) >= 11 is 0. The number of pyridine rings is 1. The van der Waals surface area contributed by atoms with Crippen LogP contribution in [0.25, 0.3) is 10.9 Å². The quantitative estimate of drug-likeness (QED) is 0.576. The van der Waals surface area contributed by atoms with Crippen molar-refractivity contribution in [2.24, 2.45) is 0 Å². The van der Waals surface area contributed by atoms with Crippen LogP contribution in [0.15, 0.2) is 77.9 Å². The van der Waals surface area contributed by atoms with E-state index in [0.29, 0.717) is 24.2 Å². The highest BCUT2D eigenvalue weighted by Crippen LogP contribution is 2.15. The number of amides is 1. The van der Waals surface area contributed by atoms with E-state index in [1.54, 1.807) is 12.3 Å². The lowest BCUT2D eigenvalue weighted by molar-refractivity contribution is 0.0952. The predicted octanol–water partition coefficient (Wildman–Crippen LogP) is 2.70. The SMILES string of the molecule is O=C(NCc1ccccc1Cn1cccn1)c1cc(=O)[nH]c2ccccc12. The molecular weight excluding hydrogens is 340 g/mol. The van der Waals surface area contributed by atoms with Crippen molar-refractivity contribution in [2.45, 2.75) is 13.1 Å². The number of nitrogens with one attached hydrogen (secondary N) is 2. The van der Waals surface area contributed by atoms with E-state index in [0.717, 1.165) is 16.5 Å². The van der Waals surface area contributed by atoms with E-state index in [1.165, 1.54) is 6.07 Å². The van der Waals surface area contributed by atoms with Gasteiger partial charge in [-0.3, -0.25) is 14.3 Å². The molecule has 2 N–H and O–H groups in total. The molecule has 134 valence electrons. The molecular formula is C21H18N4O2. The topological polar surface area (TPSA) is 79.8 Å². The van der Waals surface area contributed by atoms with Crippen molar-refractivity contribution in [3.63, 3.8) is 0 Å². The Morgan fingerprint density at radius 1 is 1.04 bits per heavy atom. The van der Waals surface area contributed by atoms with Gasteiger partial charge in [0.25, 0.3) is 5.91 Å². The zero-order valence-electron chi connectivity index (χ0n) is 14.6. The summed E-state index contributed by atoms with van der Waals surface area (Å²) in [5.41, 5.74) is 2.82. The molecule has 0 atom stereocenters. The van der Waals surface area contributed by atoms with Gasteiger partial charge in [0.15, 0.2) is 0 Å². The van der Waals surface area contributed by atoms with E-state index < -0.39 is 0 Å². The van der Waals surface area contributed by atoms with E-state index >= 15 is 0 Å². The molecule has 0 aliphatic heterocycles. The van der Waals surface area contributed by atoms with Crippen LogP contribution in [-0.2, 0) is 13.1 Å². The van der Waals surface area contributed by atoms with Gasteiger partial charge in [0, 0.05) is 35.9 Å². The van der Waals surface area contributed by atoms with Gasteiger partial charge < -0.3 is 10.3 Å². The predicted molar refractivity (Wildman–Crippen MR) is 104 cm³/mol. The summed E-state index contributed by atoms with van der Waals surface area (Å²) in [6.45, 7) is 1.00. The summed E-state index contributed by atoms with van der Waals surface area (Å²) in [6, 6.07) is 18.4. The van der Waals surface area contributed by atoms with Gasteiger partial charge in [0.1, 0.15) is 0 Å². The maximum Gasteiger partial charge on any atom is 0.252 e. The Balaban J connectivity index is 1.56. The van der Waals surface area contributed by atoms with Crippen LogP contribution in [0.4, 0.5) is 0 Å². The summed E-state index contributed by atoms with van der Waals surface area (Å²) < 4.78 is 1.84. The van der Waals surface area contributed by atoms with Crippen LogP contribution in [0, 0.1) is 0 Å². The van der Waals surface area contributed by atoms with Crippen LogP contribution in [0.1, 0.15) is 21.5 Å². The van der Waals surface area contributed by atoms with Gasteiger partial charge >= 0.3 is 0 Å². The Kier molecular flexibility index (Phi) is 4.53. The number of nitrogens with zero attached hydrogens (tertiary/aromatic N) is 2. The largest absolute Gasteiger partial charge is 0.348 e. The van der Waals surface area contributed by atoms with Crippen molar-refractivity contribution in [1.29, 1.82) is 0 Å². The van der Waals surface area contributed by atoms with Crippen molar-refractivity contribution in [3.05, 3.63) is 100 Å². The number of benzene rings is 2. The highest BCUT2D eigenvalue weighted by Gasteiger charge is 2.12. The number of hydrogen-bond donors (Lipinski definition) is 2. The Labute approximate surface area is 155 Å². The molecule has 2 heterocycles. The number of H-pyrrole nitrogens is 1. The van der Waals surface area contributed by atoms with Crippen LogP contribution < -0.4 is 10.9 Å². The van der Waals surface area contributed by atoms with Crippen molar-refractivity contribution in [1.82, 2.24) is 20.1 Å². The lowest BCUT2D eigenvalue weighted by atomic mass is 10.1. The average Bonchev–Trinajstić information content (AvgIpc) is 3.19. The van der Waals surface area contributed by atoms with Crippen LogP contribution in [0.2, 0.25) is 0 Å². The molecule has 2 aromatic carbocycles. The number of aromatic amines is 1. The Hall–Kier alpha value is -3.67. The lowest BCUT2D eigenvalue weighted by Gasteiger charge is -2.12. The fraction of sp³-hybridized carbons (Fsp3) is 0.0952. The highest BCUT2D eigenvalue weighted by atomic mass is 16.2. The molecule has 6 nitrogen and oxygen atoms in total. The molecule has 0 aliphatic carbocycles. The summed E-state index contributed by atoms with van der Waals surface area (Å²) in [7, 11) is 0. The molecule has 2 aromatic heterocycles. The molecule has 1 amide bonds. The third kappa shape index (κ3) is 3.64. The maximum absolute atomic E-state index is 12.7. The second-order valence-corrected chi connectivity index (χ2v) is 6.25. The molecule has 4 rings (SSSR count). The first kappa shape index (κ1) is 16.8. The fourth-order valence-corrected chi connectivity index (χ4v) is 3.12. The number of carbonyl (C=O) groups excluding carboxylic acids is 1. The van der Waals surface area contributed by atoms with Crippen molar-refractivity contribution < 1.29 is 4.79 Å². The van der Waals surface area contributed by atoms with Gasteiger partial charge in [-0.15, -0.1) is 0 Å². The van der Waals surface area contributed by atoms with E-state index in [2.05, 4.69) is 15.4 Å². The molecule has 0 aliphatic rings. The van der Waals surface area contributed by atoms with Crippen molar-refractivity contribution in [3.8, 4) is 0 Å². The molecule has 27 heavy (non-hydrogen) atoms. The number of rotatable bonds is 5. The zero-order chi connectivity index (χ0) is 18.6. The standard InChI is InChI=1S/C21H18N4O2/c26-20-12-18(17-8-3-4-9-19(17)24-20)21(27)22-13-15-6-1-2-7-16(15)14-25-11-5-10-23-25/h1-12H,13-14H2,(H,22,27)(H,24,26).